The maximum absolute atomic E-state index is 12.8. The molecule has 1 nitrogen and oxygen atoms in total. The topological polar surface area (TPSA) is 20.2 Å². The summed E-state index contributed by atoms with van der Waals surface area (Å²) in [6.07, 6.45) is 4.60. The van der Waals surface area contributed by atoms with Crippen LogP contribution in [-0.2, 0) is 11.8 Å². The van der Waals surface area contributed by atoms with Crippen LogP contribution in [0, 0.1) is 5.92 Å². The normalized spacial score (nSPS) is 17.8. The molecule has 1 aliphatic rings. The van der Waals surface area contributed by atoms with Crippen LogP contribution in [0.3, 0.4) is 0 Å². The van der Waals surface area contributed by atoms with Crippen molar-refractivity contribution in [2.24, 2.45) is 5.92 Å². The first kappa shape index (κ1) is 19.6. The van der Waals surface area contributed by atoms with Gasteiger partial charge in [0.1, 0.15) is 0 Å². The second-order valence-corrected chi connectivity index (χ2v) is 7.32. The van der Waals surface area contributed by atoms with Crippen molar-refractivity contribution in [2.45, 2.75) is 76.5 Å². The smallest absolute Gasteiger partial charge is 0.385 e. The zero-order valence-corrected chi connectivity index (χ0v) is 14.9. The lowest BCUT2D eigenvalue weighted by Crippen LogP contribution is -2.29. The lowest BCUT2D eigenvalue weighted by molar-refractivity contribution is -0.137. The summed E-state index contributed by atoms with van der Waals surface area (Å²) < 4.78 is 38.4. The summed E-state index contributed by atoms with van der Waals surface area (Å²) in [5.41, 5.74) is -1.41. The molecule has 1 N–H and O–H groups in total. The van der Waals surface area contributed by atoms with Crippen LogP contribution in [0.2, 0.25) is 5.02 Å². The zero-order valence-electron chi connectivity index (χ0n) is 14.1. The van der Waals surface area contributed by atoms with Gasteiger partial charge in [0.05, 0.1) is 11.2 Å². The molecule has 136 valence electrons. The fraction of sp³-hybridized carbons (Fsp3) is 0.684. The SMILES string of the molecule is CCCCCCCCC(O)(c1ccc(C(F)(F)F)cc1Cl)C1CC1. The minimum Gasteiger partial charge on any atom is -0.385 e. The molecular formula is C19H26ClF3O. The maximum atomic E-state index is 12.8. The zero-order chi connectivity index (χ0) is 17.8. The first-order valence-electron chi connectivity index (χ1n) is 8.88. The molecule has 0 aliphatic heterocycles. The molecule has 2 rings (SSSR count). The van der Waals surface area contributed by atoms with Crippen molar-refractivity contribution >= 4 is 11.6 Å². The second kappa shape index (κ2) is 8.09. The molecule has 0 saturated heterocycles. The van der Waals surface area contributed by atoms with Crippen LogP contribution >= 0.6 is 11.6 Å². The number of rotatable bonds is 9. The summed E-state index contributed by atoms with van der Waals surface area (Å²) in [4.78, 5) is 0. The Balaban J connectivity index is 2.06. The van der Waals surface area contributed by atoms with E-state index in [2.05, 4.69) is 6.92 Å². The molecule has 24 heavy (non-hydrogen) atoms. The van der Waals surface area contributed by atoms with Crippen molar-refractivity contribution in [2.75, 3.05) is 0 Å². The van der Waals surface area contributed by atoms with E-state index in [1.165, 1.54) is 25.3 Å². The van der Waals surface area contributed by atoms with Gasteiger partial charge in [0.15, 0.2) is 0 Å². The van der Waals surface area contributed by atoms with Gasteiger partial charge in [-0.1, -0.05) is 63.1 Å². The highest BCUT2D eigenvalue weighted by atomic mass is 35.5. The van der Waals surface area contributed by atoms with Gasteiger partial charge in [-0.25, -0.2) is 0 Å². The molecule has 0 aromatic heterocycles. The third kappa shape index (κ3) is 4.89. The van der Waals surface area contributed by atoms with Crippen molar-refractivity contribution in [1.82, 2.24) is 0 Å². The van der Waals surface area contributed by atoms with Gasteiger partial charge in [-0.05, 0) is 37.3 Å². The van der Waals surface area contributed by atoms with Crippen LogP contribution < -0.4 is 0 Å². The summed E-state index contributed by atoms with van der Waals surface area (Å²) in [6.45, 7) is 2.17. The predicted octanol–water partition coefficient (Wildman–Crippen LogP) is 6.71. The summed E-state index contributed by atoms with van der Waals surface area (Å²) >= 11 is 6.11. The first-order chi connectivity index (χ1) is 11.3. The highest BCUT2D eigenvalue weighted by Gasteiger charge is 2.46. The molecule has 0 heterocycles. The van der Waals surface area contributed by atoms with Crippen LogP contribution in [0.4, 0.5) is 13.2 Å². The number of aliphatic hydroxyl groups is 1. The van der Waals surface area contributed by atoms with Gasteiger partial charge < -0.3 is 5.11 Å². The van der Waals surface area contributed by atoms with Gasteiger partial charge in [-0.15, -0.1) is 0 Å². The minimum atomic E-state index is -4.42. The number of unbranched alkanes of at least 4 members (excludes halogenated alkanes) is 5. The molecule has 0 bridgehead atoms. The maximum Gasteiger partial charge on any atom is 0.416 e. The lowest BCUT2D eigenvalue weighted by Gasteiger charge is -2.30. The predicted molar refractivity (Wildman–Crippen MR) is 91.1 cm³/mol. The number of halogens is 4. The van der Waals surface area contributed by atoms with Crippen molar-refractivity contribution in [3.63, 3.8) is 0 Å². The Morgan fingerprint density at radius 1 is 1.08 bits per heavy atom. The number of alkyl halides is 3. The third-order valence-corrected chi connectivity index (χ3v) is 5.24. The Morgan fingerprint density at radius 3 is 2.25 bits per heavy atom. The van der Waals surface area contributed by atoms with Crippen molar-refractivity contribution in [3.05, 3.63) is 34.3 Å². The Kier molecular flexibility index (Phi) is 6.60. The molecule has 0 radical (unpaired) electrons. The van der Waals surface area contributed by atoms with E-state index in [0.717, 1.165) is 44.2 Å². The fourth-order valence-electron chi connectivity index (χ4n) is 3.34. The highest BCUT2D eigenvalue weighted by molar-refractivity contribution is 6.31. The Morgan fingerprint density at radius 2 is 1.71 bits per heavy atom. The Bertz CT molecular complexity index is 540. The van der Waals surface area contributed by atoms with E-state index in [4.69, 9.17) is 11.6 Å². The number of hydrogen-bond donors (Lipinski definition) is 1. The van der Waals surface area contributed by atoms with Gasteiger partial charge in [-0.3, -0.25) is 0 Å². The van der Waals surface area contributed by atoms with E-state index >= 15 is 0 Å². The molecule has 1 fully saturated rings. The minimum absolute atomic E-state index is 0.0187. The Labute approximate surface area is 147 Å². The van der Waals surface area contributed by atoms with E-state index in [1.807, 2.05) is 0 Å². The Hall–Kier alpha value is -0.740. The van der Waals surface area contributed by atoms with Gasteiger partial charge >= 0.3 is 6.18 Å². The molecule has 1 atom stereocenters. The van der Waals surface area contributed by atoms with E-state index in [1.54, 1.807) is 0 Å². The molecule has 5 heteroatoms. The molecule has 1 saturated carbocycles. The van der Waals surface area contributed by atoms with Crippen LogP contribution in [0.1, 0.15) is 75.8 Å². The molecule has 0 amide bonds. The van der Waals surface area contributed by atoms with Crippen molar-refractivity contribution in [1.29, 1.82) is 0 Å². The standard InChI is InChI=1S/C19H26ClF3O/c1-2-3-4-5-6-7-12-18(24,14-8-9-14)16-11-10-15(13-17(16)20)19(21,22)23/h10-11,13-14,24H,2-9,12H2,1H3. The number of hydrogen-bond acceptors (Lipinski definition) is 1. The monoisotopic (exact) mass is 362 g/mol. The molecule has 1 aromatic rings. The summed E-state index contributed by atoms with van der Waals surface area (Å²) in [7, 11) is 0. The molecule has 1 aliphatic carbocycles. The lowest BCUT2D eigenvalue weighted by atomic mass is 9.83. The summed E-state index contributed by atoms with van der Waals surface area (Å²) in [5, 5.41) is 11.2. The van der Waals surface area contributed by atoms with Crippen LogP contribution in [-0.4, -0.2) is 5.11 Å². The van der Waals surface area contributed by atoms with Crippen LogP contribution in [0.25, 0.3) is 0 Å². The molecular weight excluding hydrogens is 337 g/mol. The molecule has 0 spiro atoms. The van der Waals surface area contributed by atoms with Crippen molar-refractivity contribution < 1.29 is 18.3 Å². The first-order valence-corrected chi connectivity index (χ1v) is 9.26. The van der Waals surface area contributed by atoms with E-state index in [0.29, 0.717) is 12.0 Å². The van der Waals surface area contributed by atoms with E-state index < -0.39 is 17.3 Å². The van der Waals surface area contributed by atoms with Gasteiger partial charge in [0.25, 0.3) is 0 Å². The van der Waals surface area contributed by atoms with Gasteiger partial charge in [0.2, 0.25) is 0 Å². The molecule has 1 unspecified atom stereocenters. The van der Waals surface area contributed by atoms with Crippen LogP contribution in [0.15, 0.2) is 18.2 Å². The van der Waals surface area contributed by atoms with Gasteiger partial charge in [0, 0.05) is 10.6 Å². The number of benzene rings is 1. The van der Waals surface area contributed by atoms with E-state index in [-0.39, 0.29) is 10.9 Å². The largest absolute Gasteiger partial charge is 0.416 e. The summed E-state index contributed by atoms with van der Waals surface area (Å²) in [6, 6.07) is 3.32. The van der Waals surface area contributed by atoms with Crippen molar-refractivity contribution in [3.8, 4) is 0 Å². The summed E-state index contributed by atoms with van der Waals surface area (Å²) in [5.74, 6) is 0.113. The average molecular weight is 363 g/mol. The second-order valence-electron chi connectivity index (χ2n) is 6.91. The van der Waals surface area contributed by atoms with E-state index in [9.17, 15) is 18.3 Å². The quantitative estimate of drug-likeness (QED) is 0.484. The fourth-order valence-corrected chi connectivity index (χ4v) is 3.68. The highest BCUT2D eigenvalue weighted by Crippen LogP contribution is 2.50. The molecule has 1 aromatic carbocycles. The van der Waals surface area contributed by atoms with Crippen LogP contribution in [0.5, 0.6) is 0 Å². The van der Waals surface area contributed by atoms with Gasteiger partial charge in [-0.2, -0.15) is 13.2 Å². The average Bonchev–Trinajstić information content (AvgIpc) is 3.34. The third-order valence-electron chi connectivity index (χ3n) is 4.93.